The van der Waals surface area contributed by atoms with Gasteiger partial charge in [0.25, 0.3) is 0 Å². The molecule has 5 unspecified atom stereocenters. The highest BCUT2D eigenvalue weighted by atomic mass is 31.2. The molecule has 81 heavy (non-hydrogen) atoms. The SMILES string of the molecule is CCCCC/C=C\C/C=C\CCCCCCCC(=O)OCC(O)COP(=O)(O)OCC(O)COP(=O)(O)OCC(COC(=O)CCCCCCC/C=C\CCCCCCCC)OC(=O)CCCCCCCCCCCCCCCCC. The van der Waals surface area contributed by atoms with Crippen LogP contribution >= 0.6 is 15.6 Å². The Morgan fingerprint density at radius 1 is 0.346 bits per heavy atom. The van der Waals surface area contributed by atoms with E-state index < -0.39 is 91.5 Å². The van der Waals surface area contributed by atoms with E-state index in [1.165, 1.54) is 122 Å². The van der Waals surface area contributed by atoms with E-state index in [-0.39, 0.29) is 19.3 Å². The first-order valence-corrected chi connectivity index (χ1v) is 35.3. The van der Waals surface area contributed by atoms with E-state index in [0.717, 1.165) is 109 Å². The van der Waals surface area contributed by atoms with Gasteiger partial charge in [-0.05, 0) is 77.0 Å². The topological polar surface area (TPSA) is 231 Å². The average molecular weight is 1190 g/mol. The average Bonchev–Trinajstić information content (AvgIpc) is 3.45. The Morgan fingerprint density at radius 2 is 0.617 bits per heavy atom. The Morgan fingerprint density at radius 3 is 1.00 bits per heavy atom. The predicted octanol–water partition coefficient (Wildman–Crippen LogP) is 17.1. The molecule has 16 nitrogen and oxygen atoms in total. The van der Waals surface area contributed by atoms with Gasteiger partial charge in [0.05, 0.1) is 26.4 Å². The van der Waals surface area contributed by atoms with Gasteiger partial charge >= 0.3 is 33.6 Å². The number of carbonyl (C=O) groups is 3. The summed E-state index contributed by atoms with van der Waals surface area (Å²) in [5, 5.41) is 20.5. The fourth-order valence-electron chi connectivity index (χ4n) is 8.83. The van der Waals surface area contributed by atoms with Crippen LogP contribution in [0.5, 0.6) is 0 Å². The quantitative estimate of drug-likeness (QED) is 0.0146. The second kappa shape index (κ2) is 58.2. The number of hydrogen-bond acceptors (Lipinski definition) is 14. The van der Waals surface area contributed by atoms with Crippen molar-refractivity contribution in [3.05, 3.63) is 36.5 Å². The van der Waals surface area contributed by atoms with Crippen LogP contribution in [0.3, 0.4) is 0 Å². The minimum absolute atomic E-state index is 0.110. The summed E-state index contributed by atoms with van der Waals surface area (Å²) in [6.07, 6.45) is 53.4. The molecule has 18 heteroatoms. The molecular weight excluding hydrogens is 1070 g/mol. The maximum atomic E-state index is 12.9. The van der Waals surface area contributed by atoms with Gasteiger partial charge < -0.3 is 34.2 Å². The first-order chi connectivity index (χ1) is 39.2. The number of rotatable bonds is 62. The highest BCUT2D eigenvalue weighted by Gasteiger charge is 2.29. The molecule has 0 aromatic heterocycles. The molecule has 0 amide bonds. The van der Waals surface area contributed by atoms with E-state index in [9.17, 15) is 43.5 Å². The third-order valence-corrected chi connectivity index (χ3v) is 15.7. The first kappa shape index (κ1) is 78.8. The molecule has 4 N–H and O–H groups in total. The lowest BCUT2D eigenvalue weighted by Gasteiger charge is -2.21. The summed E-state index contributed by atoms with van der Waals surface area (Å²) in [5.41, 5.74) is 0. The van der Waals surface area contributed by atoms with Crippen molar-refractivity contribution in [3.63, 3.8) is 0 Å². The van der Waals surface area contributed by atoms with Crippen LogP contribution in [-0.2, 0) is 55.8 Å². The molecule has 5 atom stereocenters. The number of carbonyl (C=O) groups excluding carboxylic acids is 3. The molecule has 0 fully saturated rings. The van der Waals surface area contributed by atoms with Crippen molar-refractivity contribution in [2.24, 2.45) is 0 Å². The molecule has 0 saturated carbocycles. The van der Waals surface area contributed by atoms with Crippen LogP contribution in [0, 0.1) is 0 Å². The van der Waals surface area contributed by atoms with Crippen molar-refractivity contribution in [3.8, 4) is 0 Å². The number of allylic oxidation sites excluding steroid dienone is 6. The predicted molar refractivity (Wildman–Crippen MR) is 326 cm³/mol. The largest absolute Gasteiger partial charge is 0.472 e. The van der Waals surface area contributed by atoms with Crippen molar-refractivity contribution < 1.29 is 75.8 Å². The van der Waals surface area contributed by atoms with E-state index in [0.29, 0.717) is 19.3 Å². The molecule has 476 valence electrons. The van der Waals surface area contributed by atoms with E-state index in [1.54, 1.807) is 0 Å². The Kier molecular flexibility index (Phi) is 56.6. The van der Waals surface area contributed by atoms with Crippen molar-refractivity contribution in [1.29, 1.82) is 0 Å². The minimum atomic E-state index is -4.91. The molecule has 0 aromatic carbocycles. The van der Waals surface area contributed by atoms with Crippen LogP contribution in [0.15, 0.2) is 36.5 Å². The number of hydrogen-bond donors (Lipinski definition) is 4. The van der Waals surface area contributed by atoms with Crippen LogP contribution < -0.4 is 0 Å². The highest BCUT2D eigenvalue weighted by molar-refractivity contribution is 7.47. The van der Waals surface area contributed by atoms with Gasteiger partial charge in [-0.1, -0.05) is 231 Å². The van der Waals surface area contributed by atoms with Crippen LogP contribution in [-0.4, -0.2) is 95.9 Å². The van der Waals surface area contributed by atoms with Gasteiger partial charge in [0, 0.05) is 19.3 Å². The number of phosphoric acid groups is 2. The van der Waals surface area contributed by atoms with Gasteiger partial charge in [-0.2, -0.15) is 0 Å². The van der Waals surface area contributed by atoms with Crippen molar-refractivity contribution in [2.75, 3.05) is 39.6 Å². The zero-order chi connectivity index (χ0) is 59.6. The zero-order valence-corrected chi connectivity index (χ0v) is 53.0. The normalized spacial score (nSPS) is 14.6. The lowest BCUT2D eigenvalue weighted by Crippen LogP contribution is -2.30. The van der Waals surface area contributed by atoms with Gasteiger partial charge in [0.2, 0.25) is 0 Å². The number of ether oxygens (including phenoxy) is 3. The lowest BCUT2D eigenvalue weighted by molar-refractivity contribution is -0.161. The molecule has 0 aliphatic heterocycles. The fraction of sp³-hybridized carbons (Fsp3) is 0.857. The van der Waals surface area contributed by atoms with E-state index in [1.807, 2.05) is 0 Å². The summed E-state index contributed by atoms with van der Waals surface area (Å²) >= 11 is 0. The van der Waals surface area contributed by atoms with Crippen molar-refractivity contribution >= 4 is 33.6 Å². The summed E-state index contributed by atoms with van der Waals surface area (Å²) in [7, 11) is -9.75. The van der Waals surface area contributed by atoms with Gasteiger partial charge in [0.15, 0.2) is 6.10 Å². The fourth-order valence-corrected chi connectivity index (χ4v) is 10.4. The third-order valence-electron chi connectivity index (χ3n) is 13.8. The first-order valence-electron chi connectivity index (χ1n) is 32.3. The maximum Gasteiger partial charge on any atom is 0.472 e. The second-order valence-electron chi connectivity index (χ2n) is 21.9. The number of aliphatic hydroxyl groups is 2. The third kappa shape index (κ3) is 59.3. The number of unbranched alkanes of at least 4 members (excludes halogenated alkanes) is 33. The molecule has 0 radical (unpaired) electrons. The number of esters is 3. The molecule has 0 aromatic rings. The Hall–Kier alpha value is -2.23. The van der Waals surface area contributed by atoms with Crippen LogP contribution in [0.1, 0.15) is 290 Å². The Labute approximate surface area is 492 Å². The standard InChI is InChI=1S/C63H118O16P2/c1-4-7-10-13-16-19-22-25-28-31-34-37-40-43-46-49-61(66)73-52-58(64)53-75-80(69,70)76-54-59(65)55-77-81(71,72)78-57-60(79-63(68)51-48-45-42-39-36-33-30-27-24-21-18-15-12-9-6-3)56-74-62(67)50-47-44-41-38-35-32-29-26-23-20-17-14-11-8-5-2/h16,19,25-26,28-29,58-60,64-65H,4-15,17-18,20-24,27,30-57H2,1-3H3,(H,69,70)(H,71,72)/b19-16-,28-25-,29-26-. The van der Waals surface area contributed by atoms with Gasteiger partial charge in [-0.15, -0.1) is 0 Å². The molecule has 0 heterocycles. The number of aliphatic hydroxyl groups excluding tert-OH is 2. The molecule has 0 aliphatic rings. The summed E-state index contributed by atoms with van der Waals surface area (Å²) in [4.78, 5) is 58.2. The molecule has 0 saturated heterocycles. The Balaban J connectivity index is 4.70. The van der Waals surface area contributed by atoms with Crippen molar-refractivity contribution in [1.82, 2.24) is 0 Å². The van der Waals surface area contributed by atoms with Crippen molar-refractivity contribution in [2.45, 2.75) is 309 Å². The van der Waals surface area contributed by atoms with Crippen LogP contribution in [0.2, 0.25) is 0 Å². The zero-order valence-electron chi connectivity index (χ0n) is 51.2. The summed E-state index contributed by atoms with van der Waals surface area (Å²) in [6.45, 7) is 2.64. The minimum Gasteiger partial charge on any atom is -0.463 e. The molecule has 0 bridgehead atoms. The van der Waals surface area contributed by atoms with E-state index >= 15 is 0 Å². The molecule has 0 spiro atoms. The molecule has 0 aliphatic carbocycles. The van der Waals surface area contributed by atoms with Crippen LogP contribution in [0.4, 0.5) is 0 Å². The van der Waals surface area contributed by atoms with E-state index in [2.05, 4.69) is 57.2 Å². The van der Waals surface area contributed by atoms with E-state index in [4.69, 9.17) is 32.3 Å². The summed E-state index contributed by atoms with van der Waals surface area (Å²) in [6, 6.07) is 0. The monoisotopic (exact) mass is 1190 g/mol. The summed E-state index contributed by atoms with van der Waals surface area (Å²) < 4.78 is 60.7. The lowest BCUT2D eigenvalue weighted by atomic mass is 10.0. The summed E-state index contributed by atoms with van der Waals surface area (Å²) in [5.74, 6) is -1.58. The molecular formula is C63H118O16P2. The smallest absolute Gasteiger partial charge is 0.463 e. The van der Waals surface area contributed by atoms with Crippen LogP contribution in [0.25, 0.3) is 0 Å². The Bertz CT molecular complexity index is 1640. The molecule has 0 rings (SSSR count). The van der Waals surface area contributed by atoms with Gasteiger partial charge in [-0.3, -0.25) is 32.5 Å². The van der Waals surface area contributed by atoms with Gasteiger partial charge in [-0.25, -0.2) is 9.13 Å². The van der Waals surface area contributed by atoms with Gasteiger partial charge in [0.1, 0.15) is 25.4 Å². The highest BCUT2D eigenvalue weighted by Crippen LogP contribution is 2.45. The maximum absolute atomic E-state index is 12.9. The number of phosphoric ester groups is 2. The second-order valence-corrected chi connectivity index (χ2v) is 24.8.